The molecule has 0 saturated carbocycles. The van der Waals surface area contributed by atoms with Crippen molar-refractivity contribution in [1.82, 2.24) is 15.2 Å². The van der Waals surface area contributed by atoms with Crippen LogP contribution in [0.1, 0.15) is 52.5 Å². The summed E-state index contributed by atoms with van der Waals surface area (Å²) in [6.45, 7) is 14.5. The van der Waals surface area contributed by atoms with E-state index in [-0.39, 0.29) is 30.4 Å². The minimum Gasteiger partial charge on any atom is -0.381 e. The molecule has 4 heterocycles. The highest BCUT2D eigenvalue weighted by Crippen LogP contribution is 2.43. The zero-order chi connectivity index (χ0) is 25.1. The molecule has 2 aromatic heterocycles. The SMILES string of the molecule is CCN(c1sc(N2CCN(C)CC2)c(C(=O)NCc2c(C)cc(C)[nH]c2=O)c1C)C1CCOCC1.Cl. The van der Waals surface area contributed by atoms with Gasteiger partial charge in [-0.2, -0.15) is 0 Å². The molecule has 2 aromatic rings. The van der Waals surface area contributed by atoms with E-state index in [1.807, 2.05) is 19.9 Å². The Labute approximate surface area is 224 Å². The molecule has 36 heavy (non-hydrogen) atoms. The number of piperazine rings is 1. The number of halogens is 1. The van der Waals surface area contributed by atoms with Crippen LogP contribution in [0.15, 0.2) is 10.9 Å². The van der Waals surface area contributed by atoms with Gasteiger partial charge in [0.15, 0.2) is 0 Å². The summed E-state index contributed by atoms with van der Waals surface area (Å²) in [5.74, 6) is -0.110. The molecule has 8 nitrogen and oxygen atoms in total. The molecule has 0 spiro atoms. The number of pyridine rings is 1. The number of ether oxygens (including phenoxy) is 1. The van der Waals surface area contributed by atoms with Crippen molar-refractivity contribution in [3.8, 4) is 0 Å². The van der Waals surface area contributed by atoms with Crippen LogP contribution in [0.2, 0.25) is 0 Å². The first-order valence-electron chi connectivity index (χ1n) is 12.7. The van der Waals surface area contributed by atoms with Gasteiger partial charge in [-0.1, -0.05) is 11.3 Å². The first-order chi connectivity index (χ1) is 16.8. The molecule has 1 amide bonds. The lowest BCUT2D eigenvalue weighted by molar-refractivity contribution is 0.0847. The minimum atomic E-state index is -0.138. The lowest BCUT2D eigenvalue weighted by Crippen LogP contribution is -2.44. The van der Waals surface area contributed by atoms with Gasteiger partial charge in [0.1, 0.15) is 5.00 Å². The first kappa shape index (κ1) is 28.5. The van der Waals surface area contributed by atoms with Crippen LogP contribution in [0.25, 0.3) is 0 Å². The maximum absolute atomic E-state index is 13.7. The van der Waals surface area contributed by atoms with Gasteiger partial charge in [0.05, 0.1) is 10.6 Å². The number of H-pyrrole nitrogens is 1. The number of carbonyl (C=O) groups is 1. The Morgan fingerprint density at radius 2 is 1.86 bits per heavy atom. The summed E-state index contributed by atoms with van der Waals surface area (Å²) in [5.41, 5.74) is 3.97. The van der Waals surface area contributed by atoms with E-state index < -0.39 is 0 Å². The quantitative estimate of drug-likeness (QED) is 0.563. The van der Waals surface area contributed by atoms with Gasteiger partial charge < -0.3 is 29.7 Å². The molecule has 0 unspecified atom stereocenters. The van der Waals surface area contributed by atoms with Crippen molar-refractivity contribution in [3.63, 3.8) is 0 Å². The third-order valence-electron chi connectivity index (χ3n) is 7.27. The molecule has 2 saturated heterocycles. The monoisotopic (exact) mass is 537 g/mol. The maximum atomic E-state index is 13.7. The van der Waals surface area contributed by atoms with E-state index in [4.69, 9.17) is 4.74 Å². The number of nitrogens with one attached hydrogen (secondary N) is 2. The van der Waals surface area contributed by atoms with Gasteiger partial charge in [-0.25, -0.2) is 0 Å². The lowest BCUT2D eigenvalue weighted by Gasteiger charge is -2.35. The highest BCUT2D eigenvalue weighted by Gasteiger charge is 2.31. The number of aryl methyl sites for hydroxylation is 2. The third-order valence-corrected chi connectivity index (χ3v) is 8.66. The van der Waals surface area contributed by atoms with Gasteiger partial charge in [-0.05, 0) is 64.8 Å². The fraction of sp³-hybridized carbons (Fsp3) is 0.615. The summed E-state index contributed by atoms with van der Waals surface area (Å²) in [6.07, 6.45) is 2.01. The van der Waals surface area contributed by atoms with Gasteiger partial charge in [-0.15, -0.1) is 12.4 Å². The number of aromatic nitrogens is 1. The number of hydrogen-bond donors (Lipinski definition) is 2. The molecule has 2 fully saturated rings. The smallest absolute Gasteiger partial charge is 0.254 e. The molecule has 200 valence electrons. The average Bonchev–Trinajstić information content (AvgIpc) is 3.17. The zero-order valence-corrected chi connectivity index (χ0v) is 23.7. The predicted octanol–water partition coefficient (Wildman–Crippen LogP) is 3.47. The van der Waals surface area contributed by atoms with E-state index in [0.29, 0.717) is 11.6 Å². The molecule has 0 radical (unpaired) electrons. The summed E-state index contributed by atoms with van der Waals surface area (Å²) in [6, 6.07) is 2.37. The largest absolute Gasteiger partial charge is 0.381 e. The van der Waals surface area contributed by atoms with Crippen molar-refractivity contribution >= 4 is 39.7 Å². The predicted molar refractivity (Wildman–Crippen MR) is 151 cm³/mol. The Bertz CT molecular complexity index is 1100. The van der Waals surface area contributed by atoms with E-state index in [2.05, 4.69) is 45.9 Å². The fourth-order valence-electron chi connectivity index (χ4n) is 5.18. The number of carbonyl (C=O) groups excluding carboxylic acids is 1. The van der Waals surface area contributed by atoms with Crippen LogP contribution in [0, 0.1) is 20.8 Å². The normalized spacial score (nSPS) is 17.1. The van der Waals surface area contributed by atoms with Gasteiger partial charge in [-0.3, -0.25) is 9.59 Å². The van der Waals surface area contributed by atoms with Crippen LogP contribution >= 0.6 is 23.7 Å². The van der Waals surface area contributed by atoms with Gasteiger partial charge in [0.25, 0.3) is 11.5 Å². The van der Waals surface area contributed by atoms with Crippen molar-refractivity contribution in [2.75, 3.05) is 62.8 Å². The van der Waals surface area contributed by atoms with Crippen LogP contribution in [0.5, 0.6) is 0 Å². The topological polar surface area (TPSA) is 80.9 Å². The number of nitrogens with zero attached hydrogens (tertiary/aromatic N) is 3. The third kappa shape index (κ3) is 6.07. The number of aromatic amines is 1. The highest BCUT2D eigenvalue weighted by molar-refractivity contribution is 7.20. The molecule has 0 aliphatic carbocycles. The lowest BCUT2D eigenvalue weighted by atomic mass is 10.1. The van der Waals surface area contributed by atoms with E-state index in [9.17, 15) is 9.59 Å². The molecule has 2 aliphatic heterocycles. The molecule has 4 rings (SSSR count). The number of likely N-dealkylation sites (N-methyl/N-ethyl adjacent to an activating group) is 1. The Kier molecular flexibility index (Phi) is 9.86. The Morgan fingerprint density at radius 1 is 1.19 bits per heavy atom. The minimum absolute atomic E-state index is 0. The van der Waals surface area contributed by atoms with Crippen molar-refractivity contribution in [2.24, 2.45) is 0 Å². The van der Waals surface area contributed by atoms with Crippen LogP contribution in [-0.2, 0) is 11.3 Å². The second-order valence-electron chi connectivity index (χ2n) is 9.76. The van der Waals surface area contributed by atoms with Crippen LogP contribution < -0.4 is 20.7 Å². The summed E-state index contributed by atoms with van der Waals surface area (Å²) in [4.78, 5) is 36.2. The molecule has 2 N–H and O–H groups in total. The standard InChI is InChI=1S/C26H39N5O3S.ClH/c1-6-31(20-7-13-34-14-8-20)25-19(4)22(26(35-25)30-11-9-29(5)10-12-30)24(33)27-16-21-17(2)15-18(3)28-23(21)32;/h15,20H,6-14,16H2,1-5H3,(H,27,33)(H,28,32);1H. The number of anilines is 2. The number of hydrogen-bond acceptors (Lipinski definition) is 7. The molecular weight excluding hydrogens is 498 g/mol. The molecule has 0 atom stereocenters. The summed E-state index contributed by atoms with van der Waals surface area (Å²) < 4.78 is 5.61. The van der Waals surface area contributed by atoms with Gasteiger partial charge >= 0.3 is 0 Å². The van der Waals surface area contributed by atoms with Crippen molar-refractivity contribution < 1.29 is 9.53 Å². The van der Waals surface area contributed by atoms with Gasteiger partial charge in [0.2, 0.25) is 0 Å². The van der Waals surface area contributed by atoms with E-state index >= 15 is 0 Å². The van der Waals surface area contributed by atoms with Crippen LogP contribution in [0.4, 0.5) is 10.0 Å². The summed E-state index contributed by atoms with van der Waals surface area (Å²) >= 11 is 1.74. The second kappa shape index (κ2) is 12.4. The van der Waals surface area contributed by atoms with Crippen LogP contribution in [0.3, 0.4) is 0 Å². The van der Waals surface area contributed by atoms with E-state index in [1.165, 1.54) is 5.00 Å². The van der Waals surface area contributed by atoms with E-state index in [0.717, 1.165) is 86.2 Å². The molecule has 0 aromatic carbocycles. The second-order valence-corrected chi connectivity index (χ2v) is 10.7. The fourth-order valence-corrected chi connectivity index (χ4v) is 6.68. The molecule has 2 aliphatic rings. The summed E-state index contributed by atoms with van der Waals surface area (Å²) in [7, 11) is 2.14. The number of thiophene rings is 1. The van der Waals surface area contributed by atoms with Crippen molar-refractivity contribution in [1.29, 1.82) is 0 Å². The molecule has 10 heteroatoms. The first-order valence-corrected chi connectivity index (χ1v) is 13.5. The van der Waals surface area contributed by atoms with Crippen molar-refractivity contribution in [3.05, 3.63) is 44.4 Å². The Balaban J connectivity index is 0.00000361. The molecular formula is C26H40ClN5O3S. The number of amides is 1. The Hall–Kier alpha value is -2.07. The highest BCUT2D eigenvalue weighted by atomic mass is 35.5. The maximum Gasteiger partial charge on any atom is 0.254 e. The zero-order valence-electron chi connectivity index (χ0n) is 22.1. The van der Waals surface area contributed by atoms with Gasteiger partial charge in [0, 0.05) is 69.8 Å². The average molecular weight is 538 g/mol. The Morgan fingerprint density at radius 3 is 2.47 bits per heavy atom. The summed E-state index contributed by atoms with van der Waals surface area (Å²) in [5, 5.41) is 5.30. The van der Waals surface area contributed by atoms with Crippen molar-refractivity contribution in [2.45, 2.75) is 53.1 Å². The van der Waals surface area contributed by atoms with Crippen LogP contribution in [-0.4, -0.2) is 74.8 Å². The number of rotatable bonds is 7. The van der Waals surface area contributed by atoms with E-state index in [1.54, 1.807) is 11.3 Å². The molecule has 0 bridgehead atoms.